The lowest BCUT2D eigenvalue weighted by Gasteiger charge is -2.22. The third kappa shape index (κ3) is 3.87. The number of amides is 2. The van der Waals surface area contributed by atoms with Crippen LogP contribution in [-0.2, 0) is 0 Å². The number of carbonyl (C=O) groups excluding carboxylic acids is 1. The predicted molar refractivity (Wildman–Crippen MR) is 108 cm³/mol. The van der Waals surface area contributed by atoms with Crippen LogP contribution in [0.25, 0.3) is 11.4 Å². The first-order valence-electron chi connectivity index (χ1n) is 8.95. The topological polar surface area (TPSA) is 80.5 Å². The van der Waals surface area contributed by atoms with Gasteiger partial charge in [0.15, 0.2) is 0 Å². The number of halogens is 1. The van der Waals surface area contributed by atoms with E-state index >= 15 is 0 Å². The molecule has 28 heavy (non-hydrogen) atoms. The number of likely N-dealkylation sites (tertiary alicyclic amines) is 1. The van der Waals surface area contributed by atoms with Gasteiger partial charge in [0.25, 0.3) is 0 Å². The number of rotatable bonds is 4. The normalized spacial score (nSPS) is 16.2. The van der Waals surface area contributed by atoms with E-state index in [9.17, 15) is 4.79 Å². The van der Waals surface area contributed by atoms with Crippen molar-refractivity contribution in [2.75, 3.05) is 19.0 Å². The second-order valence-electron chi connectivity index (χ2n) is 6.48. The van der Waals surface area contributed by atoms with Crippen molar-refractivity contribution in [3.8, 4) is 17.1 Å². The molecule has 1 saturated heterocycles. The van der Waals surface area contributed by atoms with E-state index in [1.165, 1.54) is 0 Å². The SMILES string of the molecule is COc1ccc(-c2noc([C@H]3CCCN3C(=O)Nc3cccc(Br)c3)n2)cc1. The summed E-state index contributed by atoms with van der Waals surface area (Å²) in [5, 5.41) is 7.01. The molecule has 1 aromatic heterocycles. The van der Waals surface area contributed by atoms with Gasteiger partial charge >= 0.3 is 6.03 Å². The molecule has 0 aliphatic carbocycles. The number of methoxy groups -OCH3 is 1. The van der Waals surface area contributed by atoms with Gasteiger partial charge in [-0.05, 0) is 55.3 Å². The maximum Gasteiger partial charge on any atom is 0.322 e. The highest BCUT2D eigenvalue weighted by Crippen LogP contribution is 2.33. The van der Waals surface area contributed by atoms with Crippen molar-refractivity contribution >= 4 is 27.6 Å². The molecular formula is C20H19BrN4O3. The molecule has 0 bridgehead atoms. The van der Waals surface area contributed by atoms with Crippen LogP contribution in [0.1, 0.15) is 24.8 Å². The predicted octanol–water partition coefficient (Wildman–Crippen LogP) is 4.88. The molecule has 1 atom stereocenters. The summed E-state index contributed by atoms with van der Waals surface area (Å²) >= 11 is 3.41. The summed E-state index contributed by atoms with van der Waals surface area (Å²) in [6, 6.07) is 14.5. The van der Waals surface area contributed by atoms with Crippen molar-refractivity contribution in [3.05, 3.63) is 58.9 Å². The van der Waals surface area contributed by atoms with Crippen molar-refractivity contribution in [3.63, 3.8) is 0 Å². The Morgan fingerprint density at radius 2 is 2.11 bits per heavy atom. The number of anilines is 1. The number of aromatic nitrogens is 2. The summed E-state index contributed by atoms with van der Waals surface area (Å²) in [4.78, 5) is 19.0. The van der Waals surface area contributed by atoms with Crippen molar-refractivity contribution in [2.24, 2.45) is 0 Å². The highest BCUT2D eigenvalue weighted by molar-refractivity contribution is 9.10. The number of hydrogen-bond acceptors (Lipinski definition) is 5. The molecule has 1 aliphatic rings. The Bertz CT molecular complexity index is 974. The molecule has 0 unspecified atom stereocenters. The van der Waals surface area contributed by atoms with E-state index in [0.29, 0.717) is 18.3 Å². The fourth-order valence-corrected chi connectivity index (χ4v) is 3.66. The number of benzene rings is 2. The molecule has 3 aromatic rings. The number of carbonyl (C=O) groups is 1. The number of nitrogens with one attached hydrogen (secondary N) is 1. The number of hydrogen-bond donors (Lipinski definition) is 1. The summed E-state index contributed by atoms with van der Waals surface area (Å²) in [5.41, 5.74) is 1.56. The van der Waals surface area contributed by atoms with E-state index in [0.717, 1.165) is 34.3 Å². The van der Waals surface area contributed by atoms with Gasteiger partial charge in [-0.1, -0.05) is 27.2 Å². The lowest BCUT2D eigenvalue weighted by atomic mass is 10.2. The summed E-state index contributed by atoms with van der Waals surface area (Å²) in [5.74, 6) is 1.71. The van der Waals surface area contributed by atoms with E-state index in [4.69, 9.17) is 9.26 Å². The standard InChI is InChI=1S/C20H19BrN4O3/c1-27-16-9-7-13(8-10-16)18-23-19(28-24-18)17-6-3-11-25(17)20(26)22-15-5-2-4-14(21)12-15/h2,4-5,7-10,12,17H,3,6,11H2,1H3,(H,22,26)/t17-/m1/s1. The van der Waals surface area contributed by atoms with Crippen LogP contribution in [0.2, 0.25) is 0 Å². The molecule has 7 nitrogen and oxygen atoms in total. The van der Waals surface area contributed by atoms with Gasteiger partial charge < -0.3 is 19.5 Å². The summed E-state index contributed by atoms with van der Waals surface area (Å²) in [7, 11) is 1.62. The molecule has 2 amide bonds. The molecular weight excluding hydrogens is 424 g/mol. The Hall–Kier alpha value is -2.87. The van der Waals surface area contributed by atoms with E-state index in [2.05, 4.69) is 31.4 Å². The van der Waals surface area contributed by atoms with Crippen LogP contribution in [0.15, 0.2) is 57.5 Å². The maximum absolute atomic E-state index is 12.8. The minimum absolute atomic E-state index is 0.176. The third-order valence-electron chi connectivity index (χ3n) is 4.66. The molecule has 8 heteroatoms. The number of urea groups is 1. The van der Waals surface area contributed by atoms with Gasteiger partial charge in [0.1, 0.15) is 11.8 Å². The second-order valence-corrected chi connectivity index (χ2v) is 7.39. The molecule has 1 fully saturated rings. The average Bonchev–Trinajstić information content (AvgIpc) is 3.37. The smallest absolute Gasteiger partial charge is 0.322 e. The third-order valence-corrected chi connectivity index (χ3v) is 5.16. The fourth-order valence-electron chi connectivity index (χ4n) is 3.26. The molecule has 4 rings (SSSR count). The molecule has 0 radical (unpaired) electrons. The highest BCUT2D eigenvalue weighted by Gasteiger charge is 2.34. The first kappa shape index (κ1) is 18.5. The quantitative estimate of drug-likeness (QED) is 0.622. The van der Waals surface area contributed by atoms with E-state index in [1.54, 1.807) is 12.0 Å². The molecule has 0 saturated carbocycles. The lowest BCUT2D eigenvalue weighted by molar-refractivity contribution is 0.193. The van der Waals surface area contributed by atoms with Gasteiger partial charge in [0, 0.05) is 22.3 Å². The van der Waals surface area contributed by atoms with Crippen molar-refractivity contribution < 1.29 is 14.1 Å². The largest absolute Gasteiger partial charge is 0.497 e. The van der Waals surface area contributed by atoms with Crippen molar-refractivity contribution in [1.82, 2.24) is 15.0 Å². The first-order valence-corrected chi connectivity index (χ1v) is 9.74. The van der Waals surface area contributed by atoms with E-state index < -0.39 is 0 Å². The van der Waals surface area contributed by atoms with Crippen LogP contribution in [0.5, 0.6) is 5.75 Å². The van der Waals surface area contributed by atoms with Gasteiger partial charge in [-0.2, -0.15) is 4.98 Å². The molecule has 2 aromatic carbocycles. The molecule has 0 spiro atoms. The second kappa shape index (κ2) is 8.02. The molecule has 2 heterocycles. The maximum atomic E-state index is 12.8. The Kier molecular flexibility index (Phi) is 5.29. The van der Waals surface area contributed by atoms with Crippen LogP contribution in [0.4, 0.5) is 10.5 Å². The van der Waals surface area contributed by atoms with Crippen LogP contribution in [0, 0.1) is 0 Å². The Morgan fingerprint density at radius 3 is 2.86 bits per heavy atom. The van der Waals surface area contributed by atoms with Gasteiger partial charge in [-0.25, -0.2) is 4.79 Å². The highest BCUT2D eigenvalue weighted by atomic mass is 79.9. The van der Waals surface area contributed by atoms with Crippen LogP contribution in [-0.4, -0.2) is 34.7 Å². The molecule has 1 N–H and O–H groups in total. The monoisotopic (exact) mass is 442 g/mol. The first-order chi connectivity index (χ1) is 13.6. The van der Waals surface area contributed by atoms with Gasteiger partial charge in [-0.3, -0.25) is 0 Å². The average molecular weight is 443 g/mol. The fraction of sp³-hybridized carbons (Fsp3) is 0.250. The number of ether oxygens (including phenoxy) is 1. The minimum atomic E-state index is -0.230. The number of nitrogens with zero attached hydrogens (tertiary/aromatic N) is 3. The zero-order chi connectivity index (χ0) is 19.5. The van der Waals surface area contributed by atoms with E-state index in [-0.39, 0.29) is 12.1 Å². The minimum Gasteiger partial charge on any atom is -0.497 e. The molecule has 1 aliphatic heterocycles. The Balaban J connectivity index is 1.50. The van der Waals surface area contributed by atoms with Crippen LogP contribution < -0.4 is 10.1 Å². The van der Waals surface area contributed by atoms with Crippen molar-refractivity contribution in [2.45, 2.75) is 18.9 Å². The Labute approximate surface area is 170 Å². The van der Waals surface area contributed by atoms with Crippen LogP contribution >= 0.6 is 15.9 Å². The summed E-state index contributed by atoms with van der Waals surface area (Å²) < 4.78 is 11.6. The van der Waals surface area contributed by atoms with E-state index in [1.807, 2.05) is 48.5 Å². The summed E-state index contributed by atoms with van der Waals surface area (Å²) in [6.07, 6.45) is 1.67. The molecule has 144 valence electrons. The lowest BCUT2D eigenvalue weighted by Crippen LogP contribution is -2.34. The zero-order valence-electron chi connectivity index (χ0n) is 15.3. The summed E-state index contributed by atoms with van der Waals surface area (Å²) in [6.45, 7) is 0.644. The van der Waals surface area contributed by atoms with Gasteiger partial charge in [0.05, 0.1) is 7.11 Å². The Morgan fingerprint density at radius 1 is 1.29 bits per heavy atom. The van der Waals surface area contributed by atoms with Gasteiger partial charge in [0.2, 0.25) is 11.7 Å². The van der Waals surface area contributed by atoms with Crippen molar-refractivity contribution in [1.29, 1.82) is 0 Å². The van der Waals surface area contributed by atoms with Crippen LogP contribution in [0.3, 0.4) is 0 Å². The van der Waals surface area contributed by atoms with Gasteiger partial charge in [-0.15, -0.1) is 0 Å². The zero-order valence-corrected chi connectivity index (χ0v) is 16.8.